The minimum Gasteiger partial charge on any atom is -0.256 e. The number of fused-ring (bicyclic) bond motifs is 2. The molecule has 0 aliphatic heterocycles. The van der Waals surface area contributed by atoms with Crippen LogP contribution in [0.15, 0.2) is 85.2 Å². The average molecular weight is 454 g/mol. The first-order valence-electron chi connectivity index (χ1n) is 10.7. The van der Waals surface area contributed by atoms with Crippen molar-refractivity contribution in [1.82, 2.24) is 15.0 Å². The SMILES string of the molecule is CC(C)(c1cc(-c2cccc(-c3cnc4ccccc4n3)c2)c2ncccc2c1)S(C)(=O)=O. The molecule has 0 saturated carbocycles. The minimum absolute atomic E-state index is 0.733. The molecule has 0 fully saturated rings. The van der Waals surface area contributed by atoms with Gasteiger partial charge < -0.3 is 0 Å². The molecule has 0 saturated heterocycles. The molecule has 0 unspecified atom stereocenters. The lowest BCUT2D eigenvalue weighted by Crippen LogP contribution is -2.28. The summed E-state index contributed by atoms with van der Waals surface area (Å²) >= 11 is 0. The van der Waals surface area contributed by atoms with Gasteiger partial charge in [0.05, 0.1) is 33.2 Å². The van der Waals surface area contributed by atoms with Crippen molar-refractivity contribution in [2.75, 3.05) is 6.26 Å². The molecule has 5 aromatic rings. The molecule has 0 N–H and O–H groups in total. The zero-order valence-corrected chi connectivity index (χ0v) is 19.5. The third-order valence-corrected chi connectivity index (χ3v) is 8.33. The fourth-order valence-corrected chi connectivity index (χ4v) is 4.46. The van der Waals surface area contributed by atoms with Crippen molar-refractivity contribution in [2.45, 2.75) is 18.6 Å². The quantitative estimate of drug-likeness (QED) is 0.344. The van der Waals surface area contributed by atoms with Crippen LogP contribution in [-0.4, -0.2) is 29.6 Å². The third-order valence-electron chi connectivity index (χ3n) is 6.24. The van der Waals surface area contributed by atoms with Crippen molar-refractivity contribution >= 4 is 31.8 Å². The Kier molecular flexibility index (Phi) is 4.98. The number of sulfone groups is 1. The fourth-order valence-electron chi connectivity index (χ4n) is 3.92. The number of rotatable bonds is 4. The average Bonchev–Trinajstić information content (AvgIpc) is 2.82. The standard InChI is InChI=1S/C27H23N3O2S/c1-27(2,33(3,31)32)21-15-20-10-7-13-28-26(20)22(16-21)18-8-6-9-19(14-18)25-17-29-23-11-4-5-12-24(23)30-25/h4-17H,1-3H3. The van der Waals surface area contributed by atoms with E-state index in [2.05, 4.69) is 16.0 Å². The summed E-state index contributed by atoms with van der Waals surface area (Å²) in [5, 5.41) is 0.901. The number of aromatic nitrogens is 3. The predicted octanol–water partition coefficient (Wildman–Crippen LogP) is 5.79. The van der Waals surface area contributed by atoms with E-state index in [9.17, 15) is 8.42 Å². The molecule has 0 radical (unpaired) electrons. The van der Waals surface area contributed by atoms with Crippen LogP contribution in [0.2, 0.25) is 0 Å². The highest BCUT2D eigenvalue weighted by molar-refractivity contribution is 7.91. The van der Waals surface area contributed by atoms with E-state index < -0.39 is 14.6 Å². The van der Waals surface area contributed by atoms with Crippen molar-refractivity contribution in [3.8, 4) is 22.4 Å². The van der Waals surface area contributed by atoms with E-state index in [-0.39, 0.29) is 0 Å². The lowest BCUT2D eigenvalue weighted by Gasteiger charge is -2.24. The fraction of sp³-hybridized carbons (Fsp3) is 0.148. The molecule has 0 spiro atoms. The summed E-state index contributed by atoms with van der Waals surface area (Å²) in [7, 11) is -3.33. The molecule has 5 rings (SSSR count). The first-order chi connectivity index (χ1) is 15.7. The summed E-state index contributed by atoms with van der Waals surface area (Å²) < 4.78 is 24.1. The predicted molar refractivity (Wildman–Crippen MR) is 134 cm³/mol. The number of hydrogen-bond donors (Lipinski definition) is 0. The Bertz CT molecular complexity index is 1630. The van der Waals surface area contributed by atoms with E-state index in [0.29, 0.717) is 0 Å². The molecule has 0 atom stereocenters. The second-order valence-electron chi connectivity index (χ2n) is 8.71. The second kappa shape index (κ2) is 7.74. The minimum atomic E-state index is -3.33. The number of pyridine rings is 1. The highest BCUT2D eigenvalue weighted by Gasteiger charge is 2.33. The molecular weight excluding hydrogens is 430 g/mol. The van der Waals surface area contributed by atoms with Gasteiger partial charge in [-0.2, -0.15) is 0 Å². The van der Waals surface area contributed by atoms with Gasteiger partial charge in [-0.3, -0.25) is 9.97 Å². The number of nitrogens with zero attached hydrogens (tertiary/aromatic N) is 3. The second-order valence-corrected chi connectivity index (χ2v) is 11.3. The molecule has 0 aliphatic carbocycles. The van der Waals surface area contributed by atoms with Crippen molar-refractivity contribution in [1.29, 1.82) is 0 Å². The molecule has 164 valence electrons. The molecule has 3 aromatic carbocycles. The van der Waals surface area contributed by atoms with Gasteiger partial charge in [-0.25, -0.2) is 13.4 Å². The van der Waals surface area contributed by atoms with Crippen molar-refractivity contribution in [3.05, 3.63) is 90.8 Å². The van der Waals surface area contributed by atoms with E-state index in [1.54, 1.807) is 26.2 Å². The molecule has 5 nitrogen and oxygen atoms in total. The Morgan fingerprint density at radius 2 is 1.55 bits per heavy atom. The zero-order chi connectivity index (χ0) is 23.2. The van der Waals surface area contributed by atoms with Crippen LogP contribution in [0.25, 0.3) is 44.3 Å². The van der Waals surface area contributed by atoms with E-state index in [1.165, 1.54) is 6.26 Å². The van der Waals surface area contributed by atoms with Gasteiger partial charge in [0.25, 0.3) is 0 Å². The molecular formula is C27H23N3O2S. The van der Waals surface area contributed by atoms with Crippen LogP contribution in [0.3, 0.4) is 0 Å². The number of benzene rings is 3. The van der Waals surface area contributed by atoms with Crippen molar-refractivity contribution < 1.29 is 8.42 Å². The van der Waals surface area contributed by atoms with Crippen molar-refractivity contribution in [2.24, 2.45) is 0 Å². The van der Waals surface area contributed by atoms with Gasteiger partial charge in [-0.05, 0) is 61.4 Å². The summed E-state index contributed by atoms with van der Waals surface area (Å²) in [6.45, 7) is 3.48. The van der Waals surface area contributed by atoms with Crippen LogP contribution in [0.1, 0.15) is 19.4 Å². The molecule has 0 aliphatic rings. The lowest BCUT2D eigenvalue weighted by molar-refractivity contribution is 0.561. The highest BCUT2D eigenvalue weighted by atomic mass is 32.2. The summed E-state index contributed by atoms with van der Waals surface area (Å²) in [6, 6.07) is 23.5. The van der Waals surface area contributed by atoms with Gasteiger partial charge in [0.2, 0.25) is 0 Å². The summed E-state index contributed by atoms with van der Waals surface area (Å²) in [5.41, 5.74) is 6.78. The highest BCUT2D eigenvalue weighted by Crippen LogP contribution is 2.37. The van der Waals surface area contributed by atoms with Gasteiger partial charge in [-0.15, -0.1) is 0 Å². The van der Waals surface area contributed by atoms with Crippen LogP contribution in [0.5, 0.6) is 0 Å². The first-order valence-corrected chi connectivity index (χ1v) is 12.5. The smallest absolute Gasteiger partial charge is 0.156 e. The normalized spacial score (nSPS) is 12.3. The Labute approximate surface area is 193 Å². The van der Waals surface area contributed by atoms with Crippen LogP contribution >= 0.6 is 0 Å². The van der Waals surface area contributed by atoms with Gasteiger partial charge in [0.1, 0.15) is 0 Å². The van der Waals surface area contributed by atoms with Crippen molar-refractivity contribution in [3.63, 3.8) is 0 Å². The molecule has 0 bridgehead atoms. The van der Waals surface area contributed by atoms with Gasteiger partial charge in [-0.1, -0.05) is 36.4 Å². The lowest BCUT2D eigenvalue weighted by atomic mass is 9.92. The first kappa shape index (κ1) is 21.2. The van der Waals surface area contributed by atoms with Crippen LogP contribution < -0.4 is 0 Å². The maximum atomic E-state index is 12.6. The molecule has 33 heavy (non-hydrogen) atoms. The van der Waals surface area contributed by atoms with E-state index >= 15 is 0 Å². The van der Waals surface area contributed by atoms with E-state index in [4.69, 9.17) is 4.98 Å². The maximum absolute atomic E-state index is 12.6. The summed E-state index contributed by atoms with van der Waals surface area (Å²) in [4.78, 5) is 13.9. The molecule has 0 amide bonds. The molecule has 6 heteroatoms. The van der Waals surface area contributed by atoms with Crippen LogP contribution in [-0.2, 0) is 14.6 Å². The Balaban J connectivity index is 1.71. The van der Waals surface area contributed by atoms with Gasteiger partial charge >= 0.3 is 0 Å². The third kappa shape index (κ3) is 3.76. The van der Waals surface area contributed by atoms with E-state index in [0.717, 1.165) is 49.9 Å². The molecule has 2 heterocycles. The van der Waals surface area contributed by atoms with Gasteiger partial charge in [0, 0.05) is 29.0 Å². The summed E-state index contributed by atoms with van der Waals surface area (Å²) in [6.07, 6.45) is 4.81. The monoisotopic (exact) mass is 453 g/mol. The Morgan fingerprint density at radius 3 is 2.33 bits per heavy atom. The van der Waals surface area contributed by atoms with Crippen LogP contribution in [0.4, 0.5) is 0 Å². The van der Waals surface area contributed by atoms with Gasteiger partial charge in [0.15, 0.2) is 9.84 Å². The topological polar surface area (TPSA) is 72.8 Å². The Morgan fingerprint density at radius 1 is 0.788 bits per heavy atom. The Hall–Kier alpha value is -3.64. The summed E-state index contributed by atoms with van der Waals surface area (Å²) in [5.74, 6) is 0. The molecule has 2 aromatic heterocycles. The largest absolute Gasteiger partial charge is 0.256 e. The van der Waals surface area contributed by atoms with Crippen LogP contribution in [0, 0.1) is 0 Å². The number of hydrogen-bond acceptors (Lipinski definition) is 5. The van der Waals surface area contributed by atoms with E-state index in [1.807, 2.05) is 66.7 Å². The zero-order valence-electron chi connectivity index (χ0n) is 18.6. The number of para-hydroxylation sites is 2. The maximum Gasteiger partial charge on any atom is 0.156 e.